The predicted octanol–water partition coefficient (Wildman–Crippen LogP) is 3.79. The maximum Gasteiger partial charge on any atom is 0.0413 e. The fourth-order valence-electron chi connectivity index (χ4n) is 2.02. The van der Waals surface area contributed by atoms with E-state index in [1.165, 1.54) is 19.3 Å². The van der Waals surface area contributed by atoms with Crippen LogP contribution in [0, 0.1) is 5.92 Å². The molecule has 0 aliphatic heterocycles. The minimum absolute atomic E-state index is 0.362. The van der Waals surface area contributed by atoms with E-state index in [4.69, 9.17) is 11.6 Å². The largest absolute Gasteiger partial charge is 0.260 e. The highest BCUT2D eigenvalue weighted by Gasteiger charge is 2.25. The van der Waals surface area contributed by atoms with Crippen molar-refractivity contribution in [2.75, 3.05) is 0 Å². The quantitative estimate of drug-likeness (QED) is 0.748. The Hall–Kier alpha value is -0.0800. The van der Waals surface area contributed by atoms with E-state index in [0.717, 1.165) is 16.6 Å². The summed E-state index contributed by atoms with van der Waals surface area (Å²) in [5.41, 5.74) is 1.16. The fraction of sp³-hybridized carbons (Fsp3) is 0.545. The van der Waals surface area contributed by atoms with Crippen molar-refractivity contribution in [1.29, 1.82) is 0 Å². The van der Waals surface area contributed by atoms with E-state index < -0.39 is 0 Å². The fourth-order valence-corrected chi connectivity index (χ4v) is 2.62. The van der Waals surface area contributed by atoms with Crippen LogP contribution in [0.25, 0.3) is 0 Å². The molecule has 1 saturated carbocycles. The van der Waals surface area contributed by atoms with Crippen molar-refractivity contribution < 1.29 is 0 Å². The number of rotatable bonds is 2. The lowest BCUT2D eigenvalue weighted by molar-refractivity contribution is 0.545. The molecule has 14 heavy (non-hydrogen) atoms. The molecule has 1 nitrogen and oxygen atoms in total. The van der Waals surface area contributed by atoms with Crippen molar-refractivity contribution in [3.05, 3.63) is 28.5 Å². The highest BCUT2D eigenvalue weighted by molar-refractivity contribution is 9.10. The molecule has 2 unspecified atom stereocenters. The number of hydrogen-bond acceptors (Lipinski definition) is 1. The Morgan fingerprint density at radius 1 is 1.43 bits per heavy atom. The summed E-state index contributed by atoms with van der Waals surface area (Å²) in [5, 5.41) is 0.362. The van der Waals surface area contributed by atoms with Gasteiger partial charge in [-0.05, 0) is 53.2 Å². The average molecular weight is 275 g/mol. The van der Waals surface area contributed by atoms with Crippen LogP contribution in [0.2, 0.25) is 0 Å². The molecule has 0 amide bonds. The number of nitrogens with zero attached hydrogens (tertiary/aromatic N) is 1. The SMILES string of the molecule is ClC1CCCC1Cc1ccc(Br)cn1. The number of alkyl halides is 1. The molecule has 1 aliphatic carbocycles. The highest BCUT2D eigenvalue weighted by atomic mass is 79.9. The zero-order valence-corrected chi connectivity index (χ0v) is 10.3. The second-order valence-corrected chi connectivity index (χ2v) is 5.36. The summed E-state index contributed by atoms with van der Waals surface area (Å²) in [5.74, 6) is 0.630. The van der Waals surface area contributed by atoms with Gasteiger partial charge >= 0.3 is 0 Å². The molecule has 0 bridgehead atoms. The average Bonchev–Trinajstić information content (AvgIpc) is 2.56. The van der Waals surface area contributed by atoms with Gasteiger partial charge in [0.05, 0.1) is 0 Å². The van der Waals surface area contributed by atoms with Crippen molar-refractivity contribution in [3.8, 4) is 0 Å². The first-order valence-corrected chi connectivity index (χ1v) is 6.23. The third-order valence-corrected chi connectivity index (χ3v) is 3.87. The van der Waals surface area contributed by atoms with Crippen LogP contribution in [0.3, 0.4) is 0 Å². The summed E-state index contributed by atoms with van der Waals surface area (Å²) in [4.78, 5) is 4.37. The zero-order valence-electron chi connectivity index (χ0n) is 7.92. The van der Waals surface area contributed by atoms with Crippen LogP contribution in [-0.2, 0) is 6.42 Å². The summed E-state index contributed by atoms with van der Waals surface area (Å²) in [7, 11) is 0. The number of halogens is 2. The Bertz CT molecular complexity index is 299. The van der Waals surface area contributed by atoms with E-state index in [1.807, 2.05) is 12.3 Å². The van der Waals surface area contributed by atoms with Gasteiger partial charge in [-0.2, -0.15) is 0 Å². The van der Waals surface area contributed by atoms with Gasteiger partial charge in [-0.15, -0.1) is 11.6 Å². The van der Waals surface area contributed by atoms with E-state index in [0.29, 0.717) is 11.3 Å². The number of hydrogen-bond donors (Lipinski definition) is 0. The van der Waals surface area contributed by atoms with Crippen molar-refractivity contribution in [2.45, 2.75) is 31.1 Å². The molecule has 1 aromatic rings. The van der Waals surface area contributed by atoms with Crippen molar-refractivity contribution in [2.24, 2.45) is 5.92 Å². The molecule has 1 fully saturated rings. The molecule has 0 N–H and O–H groups in total. The van der Waals surface area contributed by atoms with Crippen LogP contribution in [0.1, 0.15) is 25.0 Å². The lowest BCUT2D eigenvalue weighted by atomic mass is 10.0. The maximum atomic E-state index is 6.22. The number of pyridine rings is 1. The van der Waals surface area contributed by atoms with Crippen LogP contribution in [0.15, 0.2) is 22.8 Å². The summed E-state index contributed by atoms with van der Waals surface area (Å²) >= 11 is 9.60. The van der Waals surface area contributed by atoms with Gasteiger partial charge in [-0.1, -0.05) is 6.42 Å². The molecule has 0 saturated heterocycles. The first-order valence-electron chi connectivity index (χ1n) is 5.00. The van der Waals surface area contributed by atoms with Gasteiger partial charge in [0.1, 0.15) is 0 Å². The smallest absolute Gasteiger partial charge is 0.0413 e. The summed E-state index contributed by atoms with van der Waals surface area (Å²) in [6.07, 6.45) is 6.58. The van der Waals surface area contributed by atoms with Gasteiger partial charge < -0.3 is 0 Å². The van der Waals surface area contributed by atoms with Gasteiger partial charge in [-0.25, -0.2) is 0 Å². The zero-order chi connectivity index (χ0) is 9.97. The van der Waals surface area contributed by atoms with Crippen molar-refractivity contribution in [1.82, 2.24) is 4.98 Å². The molecular formula is C11H13BrClN. The molecule has 2 atom stereocenters. The Kier molecular flexibility index (Phi) is 3.45. The molecule has 1 heterocycles. The van der Waals surface area contributed by atoms with E-state index in [9.17, 15) is 0 Å². The lowest BCUT2D eigenvalue weighted by Crippen LogP contribution is -2.10. The second kappa shape index (κ2) is 4.63. The molecule has 2 rings (SSSR count). The maximum absolute atomic E-state index is 6.22. The van der Waals surface area contributed by atoms with Gasteiger partial charge in [0.15, 0.2) is 0 Å². The Morgan fingerprint density at radius 3 is 2.86 bits per heavy atom. The van der Waals surface area contributed by atoms with Crippen LogP contribution in [0.5, 0.6) is 0 Å². The normalized spacial score (nSPS) is 26.7. The molecular weight excluding hydrogens is 261 g/mol. The predicted molar refractivity (Wildman–Crippen MR) is 62.6 cm³/mol. The minimum atomic E-state index is 0.362. The molecule has 76 valence electrons. The summed E-state index contributed by atoms with van der Waals surface area (Å²) in [6.45, 7) is 0. The van der Waals surface area contributed by atoms with Crippen molar-refractivity contribution in [3.63, 3.8) is 0 Å². The first-order chi connectivity index (χ1) is 6.75. The molecule has 0 radical (unpaired) electrons. The third kappa shape index (κ3) is 2.48. The molecule has 0 aromatic carbocycles. The van der Waals surface area contributed by atoms with Gasteiger partial charge in [0.25, 0.3) is 0 Å². The van der Waals surface area contributed by atoms with Gasteiger partial charge in [-0.3, -0.25) is 4.98 Å². The van der Waals surface area contributed by atoms with Crippen LogP contribution in [-0.4, -0.2) is 10.4 Å². The molecule has 0 spiro atoms. The molecule has 1 aromatic heterocycles. The second-order valence-electron chi connectivity index (χ2n) is 3.88. The monoisotopic (exact) mass is 273 g/mol. The molecule has 3 heteroatoms. The summed E-state index contributed by atoms with van der Waals surface area (Å²) < 4.78 is 1.04. The summed E-state index contributed by atoms with van der Waals surface area (Å²) in [6, 6.07) is 4.12. The van der Waals surface area contributed by atoms with Crippen molar-refractivity contribution >= 4 is 27.5 Å². The highest BCUT2D eigenvalue weighted by Crippen LogP contribution is 2.32. The Labute approximate surface area is 98.0 Å². The van der Waals surface area contributed by atoms with E-state index in [1.54, 1.807) is 0 Å². The molecule has 1 aliphatic rings. The standard InChI is InChI=1S/C11H13BrClN/c12-9-4-5-10(14-7-9)6-8-2-1-3-11(8)13/h4-5,7-8,11H,1-3,6H2. The van der Waals surface area contributed by atoms with Gasteiger partial charge in [0, 0.05) is 21.7 Å². The number of aromatic nitrogens is 1. The van der Waals surface area contributed by atoms with E-state index in [2.05, 4.69) is 27.0 Å². The Morgan fingerprint density at radius 2 is 2.29 bits per heavy atom. The first kappa shape index (κ1) is 10.4. The van der Waals surface area contributed by atoms with Crippen LogP contribution >= 0.6 is 27.5 Å². The minimum Gasteiger partial charge on any atom is -0.260 e. The van der Waals surface area contributed by atoms with Crippen LogP contribution < -0.4 is 0 Å². The van der Waals surface area contributed by atoms with E-state index >= 15 is 0 Å². The lowest BCUT2D eigenvalue weighted by Gasteiger charge is -2.12. The van der Waals surface area contributed by atoms with Crippen LogP contribution in [0.4, 0.5) is 0 Å². The third-order valence-electron chi connectivity index (χ3n) is 2.83. The van der Waals surface area contributed by atoms with E-state index in [-0.39, 0.29) is 0 Å². The van der Waals surface area contributed by atoms with Gasteiger partial charge in [0.2, 0.25) is 0 Å². The Balaban J connectivity index is 2.00. The topological polar surface area (TPSA) is 12.9 Å².